The first kappa shape index (κ1) is 21.8. The van der Waals surface area contributed by atoms with E-state index >= 15 is 0 Å². The van der Waals surface area contributed by atoms with Gasteiger partial charge < -0.3 is 5.32 Å². The molecule has 0 aliphatic carbocycles. The van der Waals surface area contributed by atoms with Gasteiger partial charge in [0.15, 0.2) is 5.16 Å². The van der Waals surface area contributed by atoms with Crippen LogP contribution >= 0.6 is 11.8 Å². The van der Waals surface area contributed by atoms with E-state index in [9.17, 15) is 14.0 Å². The molecule has 0 aliphatic heterocycles. The topological polar surface area (TPSA) is 64.0 Å². The molecular formula is C25H22FN3O2S. The molecule has 1 aromatic heterocycles. The molecule has 0 aliphatic rings. The number of hydrogen-bond acceptors (Lipinski definition) is 4. The lowest BCUT2D eigenvalue weighted by atomic mass is 10.1. The van der Waals surface area contributed by atoms with E-state index in [-0.39, 0.29) is 11.5 Å². The van der Waals surface area contributed by atoms with Gasteiger partial charge in [-0.25, -0.2) is 9.37 Å². The predicted octanol–water partition coefficient (Wildman–Crippen LogP) is 4.36. The standard InChI is InChI=1S/C25H22FN3O2S/c1-17(23(30)27-16-15-18-7-3-2-4-8-18)32-25-28-22-10-6-5-9-21(22)24(31)29(25)20-13-11-19(26)12-14-20/h2-14,17H,15-16H2,1H3,(H,27,30). The van der Waals surface area contributed by atoms with Crippen molar-refractivity contribution in [3.63, 3.8) is 0 Å². The van der Waals surface area contributed by atoms with Crippen molar-refractivity contribution >= 4 is 28.6 Å². The van der Waals surface area contributed by atoms with Gasteiger partial charge in [0.1, 0.15) is 5.82 Å². The van der Waals surface area contributed by atoms with Crippen molar-refractivity contribution in [1.82, 2.24) is 14.9 Å². The second kappa shape index (κ2) is 9.78. The zero-order chi connectivity index (χ0) is 22.5. The molecule has 0 spiro atoms. The van der Waals surface area contributed by atoms with E-state index in [2.05, 4.69) is 10.3 Å². The fraction of sp³-hybridized carbons (Fsp3) is 0.160. The summed E-state index contributed by atoms with van der Waals surface area (Å²) < 4.78 is 14.9. The fourth-order valence-electron chi connectivity index (χ4n) is 3.34. The smallest absolute Gasteiger partial charge is 0.266 e. The summed E-state index contributed by atoms with van der Waals surface area (Å²) in [6.07, 6.45) is 0.735. The average molecular weight is 448 g/mol. The number of thioether (sulfide) groups is 1. The van der Waals surface area contributed by atoms with Crippen molar-refractivity contribution < 1.29 is 9.18 Å². The summed E-state index contributed by atoms with van der Waals surface area (Å²) in [6.45, 7) is 2.29. The minimum Gasteiger partial charge on any atom is -0.355 e. The third-order valence-corrected chi connectivity index (χ3v) is 6.09. The predicted molar refractivity (Wildman–Crippen MR) is 126 cm³/mol. The van der Waals surface area contributed by atoms with Crippen LogP contribution in [0.5, 0.6) is 0 Å². The van der Waals surface area contributed by atoms with Crippen LogP contribution in [0.25, 0.3) is 16.6 Å². The minimum absolute atomic E-state index is 0.140. The van der Waals surface area contributed by atoms with Crippen LogP contribution in [0.15, 0.2) is 88.8 Å². The Labute approximate surface area is 189 Å². The number of nitrogens with zero attached hydrogens (tertiary/aromatic N) is 2. The molecule has 0 saturated heterocycles. The van der Waals surface area contributed by atoms with Crippen molar-refractivity contribution in [2.24, 2.45) is 0 Å². The van der Waals surface area contributed by atoms with Gasteiger partial charge in [0.2, 0.25) is 5.91 Å². The van der Waals surface area contributed by atoms with E-state index in [1.165, 1.54) is 40.6 Å². The van der Waals surface area contributed by atoms with Crippen molar-refractivity contribution in [3.05, 3.63) is 101 Å². The molecular weight excluding hydrogens is 425 g/mol. The lowest BCUT2D eigenvalue weighted by Gasteiger charge is -2.16. The molecule has 0 saturated carbocycles. The molecule has 162 valence electrons. The minimum atomic E-state index is -0.481. The summed E-state index contributed by atoms with van der Waals surface area (Å²) >= 11 is 1.20. The van der Waals surface area contributed by atoms with Gasteiger partial charge in [-0.1, -0.05) is 54.2 Å². The fourth-order valence-corrected chi connectivity index (χ4v) is 4.29. The third kappa shape index (κ3) is 4.89. The maximum atomic E-state index is 13.5. The number of carbonyl (C=O) groups is 1. The van der Waals surface area contributed by atoms with Crippen LogP contribution in [0.4, 0.5) is 4.39 Å². The largest absolute Gasteiger partial charge is 0.355 e. The Hall–Kier alpha value is -3.45. The summed E-state index contributed by atoms with van der Waals surface area (Å²) in [4.78, 5) is 30.5. The van der Waals surface area contributed by atoms with Crippen molar-refractivity contribution in [1.29, 1.82) is 0 Å². The lowest BCUT2D eigenvalue weighted by Crippen LogP contribution is -2.33. The number of halogens is 1. The van der Waals surface area contributed by atoms with Crippen LogP contribution in [0, 0.1) is 5.82 Å². The summed E-state index contributed by atoms with van der Waals surface area (Å²) in [5.74, 6) is -0.532. The van der Waals surface area contributed by atoms with Crippen LogP contribution in [0.2, 0.25) is 0 Å². The van der Waals surface area contributed by atoms with Gasteiger partial charge in [-0.3, -0.25) is 14.2 Å². The maximum Gasteiger partial charge on any atom is 0.266 e. The van der Waals surface area contributed by atoms with Gasteiger partial charge in [0.25, 0.3) is 5.56 Å². The second-order valence-electron chi connectivity index (χ2n) is 7.32. The normalized spacial score (nSPS) is 11.9. The van der Waals surface area contributed by atoms with Crippen LogP contribution < -0.4 is 10.9 Å². The van der Waals surface area contributed by atoms with Crippen molar-refractivity contribution in [2.75, 3.05) is 6.54 Å². The monoisotopic (exact) mass is 447 g/mol. The molecule has 4 rings (SSSR count). The lowest BCUT2D eigenvalue weighted by molar-refractivity contribution is -0.120. The zero-order valence-electron chi connectivity index (χ0n) is 17.5. The number of fused-ring (bicyclic) bond motifs is 1. The summed E-state index contributed by atoms with van der Waals surface area (Å²) in [5, 5.41) is 3.30. The van der Waals surface area contributed by atoms with E-state index < -0.39 is 11.1 Å². The van der Waals surface area contributed by atoms with E-state index in [4.69, 9.17) is 0 Å². The summed E-state index contributed by atoms with van der Waals surface area (Å²) in [6, 6.07) is 22.6. The van der Waals surface area contributed by atoms with Crippen molar-refractivity contribution in [2.45, 2.75) is 23.8 Å². The van der Waals surface area contributed by atoms with E-state index in [0.29, 0.717) is 28.3 Å². The molecule has 0 radical (unpaired) electrons. The average Bonchev–Trinajstić information content (AvgIpc) is 2.81. The van der Waals surface area contributed by atoms with Gasteiger partial charge in [-0.15, -0.1) is 0 Å². The molecule has 1 atom stereocenters. The van der Waals surface area contributed by atoms with E-state index in [1.54, 1.807) is 25.1 Å². The Morgan fingerprint density at radius 3 is 2.47 bits per heavy atom. The molecule has 0 bridgehead atoms. The van der Waals surface area contributed by atoms with E-state index in [0.717, 1.165) is 12.0 Å². The first-order chi connectivity index (χ1) is 15.5. The number of hydrogen-bond donors (Lipinski definition) is 1. The molecule has 1 amide bonds. The highest BCUT2D eigenvalue weighted by atomic mass is 32.2. The number of nitrogens with one attached hydrogen (secondary N) is 1. The van der Waals surface area contributed by atoms with Gasteiger partial charge in [0.05, 0.1) is 21.8 Å². The van der Waals surface area contributed by atoms with Crippen LogP contribution in [0.3, 0.4) is 0 Å². The number of aromatic nitrogens is 2. The summed E-state index contributed by atoms with van der Waals surface area (Å²) in [7, 11) is 0. The van der Waals surface area contributed by atoms with Crippen LogP contribution in [-0.4, -0.2) is 27.3 Å². The van der Waals surface area contributed by atoms with Crippen molar-refractivity contribution in [3.8, 4) is 5.69 Å². The van der Waals surface area contributed by atoms with Gasteiger partial charge in [-0.2, -0.15) is 0 Å². The molecule has 3 aromatic carbocycles. The zero-order valence-corrected chi connectivity index (χ0v) is 18.3. The molecule has 4 aromatic rings. The SMILES string of the molecule is CC(Sc1nc2ccccc2c(=O)n1-c1ccc(F)cc1)C(=O)NCCc1ccccc1. The first-order valence-electron chi connectivity index (χ1n) is 10.3. The third-order valence-electron chi connectivity index (χ3n) is 5.04. The Morgan fingerprint density at radius 1 is 1.03 bits per heavy atom. The Kier molecular flexibility index (Phi) is 6.66. The van der Waals surface area contributed by atoms with Gasteiger partial charge in [-0.05, 0) is 55.3 Å². The molecule has 7 heteroatoms. The second-order valence-corrected chi connectivity index (χ2v) is 8.62. The number of carbonyl (C=O) groups excluding carboxylic acids is 1. The quantitative estimate of drug-likeness (QED) is 0.338. The Balaban J connectivity index is 1.58. The molecule has 1 N–H and O–H groups in total. The summed E-state index contributed by atoms with van der Waals surface area (Å²) in [5.41, 5.74) is 1.93. The molecule has 1 unspecified atom stereocenters. The number of para-hydroxylation sites is 1. The highest BCUT2D eigenvalue weighted by Crippen LogP contribution is 2.25. The van der Waals surface area contributed by atoms with Gasteiger partial charge >= 0.3 is 0 Å². The number of amides is 1. The molecule has 5 nitrogen and oxygen atoms in total. The number of benzene rings is 3. The Bertz CT molecular complexity index is 1290. The molecule has 1 heterocycles. The van der Waals surface area contributed by atoms with Crippen LogP contribution in [-0.2, 0) is 11.2 Å². The van der Waals surface area contributed by atoms with Crippen LogP contribution in [0.1, 0.15) is 12.5 Å². The highest BCUT2D eigenvalue weighted by Gasteiger charge is 2.20. The Morgan fingerprint density at radius 2 is 1.72 bits per heavy atom. The maximum absolute atomic E-state index is 13.5. The molecule has 32 heavy (non-hydrogen) atoms. The number of rotatable bonds is 7. The highest BCUT2D eigenvalue weighted by molar-refractivity contribution is 8.00. The van der Waals surface area contributed by atoms with E-state index in [1.807, 2.05) is 36.4 Å². The first-order valence-corrected chi connectivity index (χ1v) is 11.2. The molecule has 0 fully saturated rings. The van der Waals surface area contributed by atoms with Gasteiger partial charge in [0, 0.05) is 6.54 Å².